The summed E-state index contributed by atoms with van der Waals surface area (Å²) in [7, 11) is -0.250. The van der Waals surface area contributed by atoms with Crippen LogP contribution in [0.1, 0.15) is 40.5 Å². The fourth-order valence-electron chi connectivity index (χ4n) is 2.17. The van der Waals surface area contributed by atoms with E-state index in [-0.39, 0.29) is 24.3 Å². The maximum Gasteiger partial charge on any atom is 0.457 e. The number of carbonyl (C=O) groups excluding carboxylic acids is 1. The standard InChI is InChI=1S/C16H23BO4/c1-15(2)16(3,4)21-17(20-15)12-8-11-14(18)19-13-9-6-5-7-10-13/h5-7,9-10H,8,11-12H2,1-4H3. The van der Waals surface area contributed by atoms with Gasteiger partial charge in [-0.15, -0.1) is 0 Å². The first kappa shape index (κ1) is 16.1. The number of rotatable bonds is 5. The minimum Gasteiger partial charge on any atom is -0.427 e. The largest absolute Gasteiger partial charge is 0.457 e. The van der Waals surface area contributed by atoms with Gasteiger partial charge in [0.25, 0.3) is 0 Å². The second-order valence-corrected chi connectivity index (χ2v) is 6.37. The summed E-state index contributed by atoms with van der Waals surface area (Å²) in [5.74, 6) is 0.357. The van der Waals surface area contributed by atoms with Gasteiger partial charge in [0.05, 0.1) is 11.2 Å². The van der Waals surface area contributed by atoms with Gasteiger partial charge in [-0.25, -0.2) is 0 Å². The van der Waals surface area contributed by atoms with Gasteiger partial charge >= 0.3 is 13.1 Å². The highest BCUT2D eigenvalue weighted by Gasteiger charge is 2.50. The molecule has 1 heterocycles. The maximum atomic E-state index is 11.7. The van der Waals surface area contributed by atoms with Gasteiger partial charge in [-0.3, -0.25) is 4.79 Å². The minimum atomic E-state index is -0.317. The summed E-state index contributed by atoms with van der Waals surface area (Å²) >= 11 is 0. The van der Waals surface area contributed by atoms with E-state index in [4.69, 9.17) is 14.0 Å². The number of esters is 1. The number of carbonyl (C=O) groups is 1. The molecule has 0 spiro atoms. The molecule has 1 aromatic rings. The molecular formula is C16H23BO4. The number of ether oxygens (including phenoxy) is 1. The minimum absolute atomic E-state index is 0.224. The van der Waals surface area contributed by atoms with Gasteiger partial charge in [0.1, 0.15) is 5.75 Å². The first-order chi connectivity index (χ1) is 9.80. The molecule has 1 fully saturated rings. The third kappa shape index (κ3) is 4.08. The van der Waals surface area contributed by atoms with Gasteiger partial charge in [0, 0.05) is 6.42 Å². The van der Waals surface area contributed by atoms with Crippen molar-refractivity contribution in [1.82, 2.24) is 0 Å². The molecule has 2 rings (SSSR count). The molecule has 0 amide bonds. The normalized spacial score (nSPS) is 19.5. The molecule has 114 valence electrons. The van der Waals surface area contributed by atoms with Gasteiger partial charge in [-0.1, -0.05) is 18.2 Å². The van der Waals surface area contributed by atoms with Gasteiger partial charge in [-0.05, 0) is 52.6 Å². The first-order valence-corrected chi connectivity index (χ1v) is 7.41. The molecule has 0 radical (unpaired) electrons. The summed E-state index contributed by atoms with van der Waals surface area (Å²) < 4.78 is 17.0. The molecule has 0 unspecified atom stereocenters. The summed E-state index contributed by atoms with van der Waals surface area (Å²) in [5.41, 5.74) is -0.634. The fourth-order valence-corrected chi connectivity index (χ4v) is 2.17. The molecule has 4 nitrogen and oxygen atoms in total. The predicted molar refractivity (Wildman–Crippen MR) is 82.2 cm³/mol. The summed E-state index contributed by atoms with van der Waals surface area (Å²) in [4.78, 5) is 11.7. The van der Waals surface area contributed by atoms with Crippen molar-refractivity contribution in [3.05, 3.63) is 30.3 Å². The molecule has 1 saturated heterocycles. The number of hydrogen-bond donors (Lipinski definition) is 0. The highest BCUT2D eigenvalue weighted by Crippen LogP contribution is 2.38. The topological polar surface area (TPSA) is 44.8 Å². The van der Waals surface area contributed by atoms with E-state index in [9.17, 15) is 4.79 Å². The first-order valence-electron chi connectivity index (χ1n) is 7.41. The molecular weight excluding hydrogens is 267 g/mol. The molecule has 1 aromatic carbocycles. The molecule has 0 saturated carbocycles. The van der Waals surface area contributed by atoms with Crippen LogP contribution in [0.25, 0.3) is 0 Å². The van der Waals surface area contributed by atoms with Crippen LogP contribution < -0.4 is 4.74 Å². The SMILES string of the molecule is CC1(C)OB(CCCC(=O)Oc2ccccc2)OC1(C)C. The Bertz CT molecular complexity index is 468. The lowest BCUT2D eigenvalue weighted by molar-refractivity contribution is -0.134. The monoisotopic (exact) mass is 290 g/mol. The van der Waals surface area contributed by atoms with E-state index in [1.54, 1.807) is 12.1 Å². The molecule has 0 atom stereocenters. The molecule has 0 aromatic heterocycles. The Morgan fingerprint density at radius 3 is 2.24 bits per heavy atom. The molecule has 1 aliphatic heterocycles. The Kier molecular flexibility index (Phi) is 4.74. The third-order valence-corrected chi connectivity index (χ3v) is 4.10. The van der Waals surface area contributed by atoms with E-state index < -0.39 is 0 Å². The Morgan fingerprint density at radius 2 is 1.67 bits per heavy atom. The van der Waals surface area contributed by atoms with Crippen molar-refractivity contribution in [2.45, 2.75) is 58.1 Å². The lowest BCUT2D eigenvalue weighted by Crippen LogP contribution is -2.41. The van der Waals surface area contributed by atoms with Crippen LogP contribution in [-0.4, -0.2) is 24.3 Å². The van der Waals surface area contributed by atoms with Crippen molar-refractivity contribution in [1.29, 1.82) is 0 Å². The van der Waals surface area contributed by atoms with Crippen LogP contribution >= 0.6 is 0 Å². The lowest BCUT2D eigenvalue weighted by atomic mass is 9.82. The average Bonchev–Trinajstić information content (AvgIpc) is 2.58. The zero-order chi connectivity index (χ0) is 15.5. The van der Waals surface area contributed by atoms with Crippen LogP contribution in [-0.2, 0) is 14.1 Å². The fraction of sp³-hybridized carbons (Fsp3) is 0.562. The summed E-state index contributed by atoms with van der Waals surface area (Å²) in [6.45, 7) is 8.10. The van der Waals surface area contributed by atoms with Crippen LogP contribution in [0.2, 0.25) is 6.32 Å². The van der Waals surface area contributed by atoms with E-state index in [0.29, 0.717) is 24.9 Å². The Labute approximate surface area is 126 Å². The number of benzene rings is 1. The molecule has 1 aliphatic rings. The van der Waals surface area contributed by atoms with Crippen molar-refractivity contribution in [3.63, 3.8) is 0 Å². The summed E-state index contributed by atoms with van der Waals surface area (Å²) in [5, 5.41) is 0. The Morgan fingerprint density at radius 1 is 1.10 bits per heavy atom. The van der Waals surface area contributed by atoms with Crippen molar-refractivity contribution < 1.29 is 18.8 Å². The van der Waals surface area contributed by atoms with Gasteiger partial charge in [0.2, 0.25) is 0 Å². The zero-order valence-electron chi connectivity index (χ0n) is 13.2. The van der Waals surface area contributed by atoms with Gasteiger partial charge in [0.15, 0.2) is 0 Å². The second kappa shape index (κ2) is 6.20. The van der Waals surface area contributed by atoms with Crippen LogP contribution in [0.5, 0.6) is 5.75 Å². The quantitative estimate of drug-likeness (QED) is 0.473. The van der Waals surface area contributed by atoms with Crippen LogP contribution in [0.4, 0.5) is 0 Å². The highest BCUT2D eigenvalue weighted by atomic mass is 16.7. The molecule has 0 aliphatic carbocycles. The van der Waals surface area contributed by atoms with E-state index in [1.807, 2.05) is 45.9 Å². The smallest absolute Gasteiger partial charge is 0.427 e. The van der Waals surface area contributed by atoms with Crippen molar-refractivity contribution in [2.24, 2.45) is 0 Å². The Balaban J connectivity index is 1.72. The Hall–Kier alpha value is -1.33. The maximum absolute atomic E-state index is 11.7. The van der Waals surface area contributed by atoms with Crippen LogP contribution in [0, 0.1) is 0 Å². The van der Waals surface area contributed by atoms with E-state index in [1.165, 1.54) is 0 Å². The third-order valence-electron chi connectivity index (χ3n) is 4.10. The van der Waals surface area contributed by atoms with E-state index in [0.717, 1.165) is 0 Å². The van der Waals surface area contributed by atoms with Gasteiger partial charge in [-0.2, -0.15) is 0 Å². The van der Waals surface area contributed by atoms with Crippen LogP contribution in [0.3, 0.4) is 0 Å². The molecule has 21 heavy (non-hydrogen) atoms. The number of hydrogen-bond acceptors (Lipinski definition) is 4. The predicted octanol–water partition coefficient (Wildman–Crippen LogP) is 3.46. The van der Waals surface area contributed by atoms with Gasteiger partial charge < -0.3 is 14.0 Å². The molecule has 0 bridgehead atoms. The average molecular weight is 290 g/mol. The van der Waals surface area contributed by atoms with Crippen LogP contribution in [0.15, 0.2) is 30.3 Å². The molecule has 0 N–H and O–H groups in total. The summed E-state index contributed by atoms with van der Waals surface area (Å²) in [6, 6.07) is 9.11. The van der Waals surface area contributed by atoms with Crippen molar-refractivity contribution in [3.8, 4) is 5.75 Å². The highest BCUT2D eigenvalue weighted by molar-refractivity contribution is 6.45. The lowest BCUT2D eigenvalue weighted by Gasteiger charge is -2.32. The molecule has 5 heteroatoms. The van der Waals surface area contributed by atoms with Crippen molar-refractivity contribution in [2.75, 3.05) is 0 Å². The van der Waals surface area contributed by atoms with E-state index >= 15 is 0 Å². The second-order valence-electron chi connectivity index (χ2n) is 6.37. The van der Waals surface area contributed by atoms with E-state index in [2.05, 4.69) is 0 Å². The van der Waals surface area contributed by atoms with Crippen molar-refractivity contribution >= 4 is 13.1 Å². The zero-order valence-corrected chi connectivity index (χ0v) is 13.2. The number of para-hydroxylation sites is 1. The summed E-state index contributed by atoms with van der Waals surface area (Å²) in [6.07, 6.45) is 1.73.